The summed E-state index contributed by atoms with van der Waals surface area (Å²) in [4.78, 5) is 15.0. The van der Waals surface area contributed by atoms with E-state index in [4.69, 9.17) is 9.47 Å². The quantitative estimate of drug-likeness (QED) is 0.671. The Hall–Kier alpha value is -2.74. The van der Waals surface area contributed by atoms with Gasteiger partial charge in [0.25, 0.3) is 10.0 Å². The minimum absolute atomic E-state index is 0.117. The second-order valence-corrected chi connectivity index (χ2v) is 9.02. The fraction of sp³-hybridized carbons (Fsp3) is 0.409. The molecule has 7 nitrogen and oxygen atoms in total. The van der Waals surface area contributed by atoms with Gasteiger partial charge in [-0.2, -0.15) is 0 Å². The first-order valence-corrected chi connectivity index (χ1v) is 11.5. The lowest BCUT2D eigenvalue weighted by Crippen LogP contribution is -2.43. The van der Waals surface area contributed by atoms with Crippen molar-refractivity contribution in [1.29, 1.82) is 0 Å². The van der Waals surface area contributed by atoms with Crippen molar-refractivity contribution < 1.29 is 22.7 Å². The molecular formula is C22H28N2O5S. The summed E-state index contributed by atoms with van der Waals surface area (Å²) in [6.45, 7) is 1.01. The Morgan fingerprint density at radius 1 is 0.967 bits per heavy atom. The van der Waals surface area contributed by atoms with Gasteiger partial charge in [0.15, 0.2) is 0 Å². The summed E-state index contributed by atoms with van der Waals surface area (Å²) in [6.07, 6.45) is 4.04. The molecule has 8 heteroatoms. The van der Waals surface area contributed by atoms with Gasteiger partial charge in [-0.1, -0.05) is 31.0 Å². The molecule has 1 aliphatic heterocycles. The molecule has 2 aromatic carbocycles. The largest absolute Gasteiger partial charge is 0.497 e. The second kappa shape index (κ2) is 9.84. The van der Waals surface area contributed by atoms with Gasteiger partial charge in [-0.05, 0) is 37.1 Å². The van der Waals surface area contributed by atoms with Crippen LogP contribution in [0.1, 0.15) is 25.7 Å². The van der Waals surface area contributed by atoms with Crippen molar-refractivity contribution in [3.05, 3.63) is 48.5 Å². The van der Waals surface area contributed by atoms with Crippen LogP contribution < -0.4 is 13.8 Å². The lowest BCUT2D eigenvalue weighted by molar-refractivity contribution is -0.129. The Kier molecular flexibility index (Phi) is 7.20. The molecule has 0 bridgehead atoms. The maximum absolute atomic E-state index is 13.5. The number of carbonyl (C=O) groups excluding carboxylic acids is 1. The molecule has 30 heavy (non-hydrogen) atoms. The van der Waals surface area contributed by atoms with E-state index in [1.807, 2.05) is 0 Å². The van der Waals surface area contributed by atoms with Crippen molar-refractivity contribution in [3.8, 4) is 11.5 Å². The van der Waals surface area contributed by atoms with Gasteiger partial charge in [-0.3, -0.25) is 9.10 Å². The smallest absolute Gasteiger partial charge is 0.264 e. The molecule has 1 saturated heterocycles. The number of hydrogen-bond donors (Lipinski definition) is 0. The van der Waals surface area contributed by atoms with Gasteiger partial charge in [-0.15, -0.1) is 0 Å². The highest BCUT2D eigenvalue weighted by Gasteiger charge is 2.31. The molecule has 0 N–H and O–H groups in total. The fourth-order valence-electron chi connectivity index (χ4n) is 3.55. The highest BCUT2D eigenvalue weighted by atomic mass is 32.2. The van der Waals surface area contributed by atoms with Gasteiger partial charge >= 0.3 is 0 Å². The second-order valence-electron chi connectivity index (χ2n) is 7.16. The number of benzene rings is 2. The van der Waals surface area contributed by atoms with E-state index in [1.165, 1.54) is 26.4 Å². The normalized spacial score (nSPS) is 14.7. The summed E-state index contributed by atoms with van der Waals surface area (Å²) >= 11 is 0. The number of hydrogen-bond acceptors (Lipinski definition) is 5. The molecule has 3 rings (SSSR count). The van der Waals surface area contributed by atoms with Crippen LogP contribution in [0.2, 0.25) is 0 Å². The van der Waals surface area contributed by atoms with Gasteiger partial charge in [0, 0.05) is 19.2 Å². The third-order valence-corrected chi connectivity index (χ3v) is 7.00. The van der Waals surface area contributed by atoms with Crippen LogP contribution >= 0.6 is 0 Å². The third-order valence-electron chi connectivity index (χ3n) is 5.22. The molecule has 1 heterocycles. The lowest BCUT2D eigenvalue weighted by Gasteiger charge is -2.29. The molecule has 0 radical (unpaired) electrons. The molecule has 0 aromatic heterocycles. The van der Waals surface area contributed by atoms with Crippen molar-refractivity contribution >= 4 is 21.6 Å². The van der Waals surface area contributed by atoms with Crippen molar-refractivity contribution in [2.75, 3.05) is 38.2 Å². The predicted molar refractivity (Wildman–Crippen MR) is 116 cm³/mol. The van der Waals surface area contributed by atoms with E-state index in [1.54, 1.807) is 41.3 Å². The Labute approximate surface area is 178 Å². The van der Waals surface area contributed by atoms with Crippen LogP contribution in [0.5, 0.6) is 11.5 Å². The molecule has 1 amide bonds. The molecule has 1 fully saturated rings. The Morgan fingerprint density at radius 2 is 1.63 bits per heavy atom. The first-order chi connectivity index (χ1) is 14.5. The maximum atomic E-state index is 13.5. The van der Waals surface area contributed by atoms with Gasteiger partial charge < -0.3 is 14.4 Å². The first-order valence-electron chi connectivity index (χ1n) is 10.0. The summed E-state index contributed by atoms with van der Waals surface area (Å²) < 4.78 is 38.8. The van der Waals surface area contributed by atoms with Crippen LogP contribution in [0, 0.1) is 0 Å². The molecule has 0 saturated carbocycles. The van der Waals surface area contributed by atoms with Crippen LogP contribution in [-0.4, -0.2) is 53.1 Å². The SMILES string of the molecule is COc1ccc(N(CC(=O)N2CCCCCC2)S(=O)(=O)c2ccccc2)c(OC)c1. The molecule has 2 aromatic rings. The summed E-state index contributed by atoms with van der Waals surface area (Å²) in [6, 6.07) is 13.0. The predicted octanol–water partition coefficient (Wildman–Crippen LogP) is 3.30. The number of nitrogens with zero attached hydrogens (tertiary/aromatic N) is 2. The van der Waals surface area contributed by atoms with Crippen LogP contribution in [0.15, 0.2) is 53.4 Å². The van der Waals surface area contributed by atoms with Crippen LogP contribution in [0.4, 0.5) is 5.69 Å². The van der Waals surface area contributed by atoms with Crippen molar-refractivity contribution in [2.24, 2.45) is 0 Å². The van der Waals surface area contributed by atoms with Gasteiger partial charge in [0.2, 0.25) is 5.91 Å². The van der Waals surface area contributed by atoms with E-state index in [2.05, 4.69) is 0 Å². The van der Waals surface area contributed by atoms with E-state index in [-0.39, 0.29) is 17.3 Å². The Balaban J connectivity index is 2.02. The molecule has 0 atom stereocenters. The van der Waals surface area contributed by atoms with E-state index in [9.17, 15) is 13.2 Å². The lowest BCUT2D eigenvalue weighted by atomic mass is 10.2. The summed E-state index contributed by atoms with van der Waals surface area (Å²) in [5.74, 6) is 0.637. The number of likely N-dealkylation sites (tertiary alicyclic amines) is 1. The zero-order valence-electron chi connectivity index (χ0n) is 17.4. The van der Waals surface area contributed by atoms with Crippen molar-refractivity contribution in [1.82, 2.24) is 4.90 Å². The van der Waals surface area contributed by atoms with E-state index >= 15 is 0 Å². The minimum Gasteiger partial charge on any atom is -0.497 e. The van der Waals surface area contributed by atoms with Crippen molar-refractivity contribution in [3.63, 3.8) is 0 Å². The number of anilines is 1. The summed E-state index contributed by atoms with van der Waals surface area (Å²) in [5.41, 5.74) is 0.297. The van der Waals surface area contributed by atoms with Gasteiger partial charge in [-0.25, -0.2) is 8.42 Å². The molecule has 0 spiro atoms. The zero-order valence-corrected chi connectivity index (χ0v) is 18.2. The zero-order chi connectivity index (χ0) is 21.6. The number of rotatable bonds is 7. The highest BCUT2D eigenvalue weighted by molar-refractivity contribution is 7.92. The molecular weight excluding hydrogens is 404 g/mol. The molecule has 162 valence electrons. The molecule has 0 aliphatic carbocycles. The van der Waals surface area contributed by atoms with E-state index in [0.717, 1.165) is 30.0 Å². The fourth-order valence-corrected chi connectivity index (χ4v) is 5.00. The van der Waals surface area contributed by atoms with E-state index < -0.39 is 10.0 Å². The average molecular weight is 433 g/mol. The number of methoxy groups -OCH3 is 2. The summed E-state index contributed by atoms with van der Waals surface area (Å²) in [5, 5.41) is 0. The third kappa shape index (κ3) is 4.87. The standard InChI is InChI=1S/C22H28N2O5S/c1-28-18-12-13-20(21(16-18)29-2)24(30(26,27)19-10-6-5-7-11-19)17-22(25)23-14-8-3-4-9-15-23/h5-7,10-13,16H,3-4,8-9,14-15,17H2,1-2H3. The Bertz CT molecular complexity index is 955. The van der Waals surface area contributed by atoms with E-state index in [0.29, 0.717) is 30.3 Å². The topological polar surface area (TPSA) is 76.2 Å². The first kappa shape index (κ1) is 22.0. The van der Waals surface area contributed by atoms with Gasteiger partial charge in [0.1, 0.15) is 18.0 Å². The molecule has 0 unspecified atom stereocenters. The highest BCUT2D eigenvalue weighted by Crippen LogP contribution is 2.35. The number of carbonyl (C=O) groups is 1. The van der Waals surface area contributed by atoms with Crippen LogP contribution in [-0.2, 0) is 14.8 Å². The average Bonchev–Trinajstić information content (AvgIpc) is 3.07. The van der Waals surface area contributed by atoms with Crippen LogP contribution in [0.3, 0.4) is 0 Å². The Morgan fingerprint density at radius 3 is 2.23 bits per heavy atom. The van der Waals surface area contributed by atoms with Crippen LogP contribution in [0.25, 0.3) is 0 Å². The monoisotopic (exact) mass is 432 g/mol. The number of ether oxygens (including phenoxy) is 2. The number of sulfonamides is 1. The number of amides is 1. The minimum atomic E-state index is -3.98. The summed E-state index contributed by atoms with van der Waals surface area (Å²) in [7, 11) is -1.000. The molecule has 1 aliphatic rings. The maximum Gasteiger partial charge on any atom is 0.264 e. The van der Waals surface area contributed by atoms with Gasteiger partial charge in [0.05, 0.1) is 24.8 Å². The van der Waals surface area contributed by atoms with Crippen molar-refractivity contribution in [2.45, 2.75) is 30.6 Å².